The molecule has 2 aromatic heterocycles. The number of aromatic nitrogens is 2. The summed E-state index contributed by atoms with van der Waals surface area (Å²) >= 11 is 5.92. The topological polar surface area (TPSA) is 20.5 Å². The number of alkyl halides is 1. The molecule has 102 valence electrons. The van der Waals surface area contributed by atoms with Gasteiger partial charge in [-0.05, 0) is 37.9 Å². The van der Waals surface area contributed by atoms with E-state index in [4.69, 9.17) is 11.6 Å². The van der Waals surface area contributed by atoms with Gasteiger partial charge in [0.25, 0.3) is 0 Å². The van der Waals surface area contributed by atoms with Crippen LogP contribution in [0.1, 0.15) is 31.4 Å². The molecule has 3 heterocycles. The first-order valence-corrected chi connectivity index (χ1v) is 7.63. The van der Waals surface area contributed by atoms with Gasteiger partial charge in [-0.3, -0.25) is 4.90 Å². The third-order valence-corrected chi connectivity index (χ3v) is 4.19. The number of nitrogens with zero attached hydrogens (tertiary/aromatic N) is 3. The number of halogens is 1. The van der Waals surface area contributed by atoms with Crippen LogP contribution in [0.3, 0.4) is 0 Å². The largest absolute Gasteiger partial charge is 0.307 e. The van der Waals surface area contributed by atoms with Gasteiger partial charge in [-0.1, -0.05) is 12.5 Å². The molecule has 0 aromatic carbocycles. The monoisotopic (exact) mass is 277 g/mol. The molecular weight excluding hydrogens is 258 g/mol. The molecule has 1 unspecified atom stereocenters. The van der Waals surface area contributed by atoms with Crippen molar-refractivity contribution in [2.45, 2.75) is 38.3 Å². The number of piperidine rings is 1. The first kappa shape index (κ1) is 12.9. The Bertz CT molecular complexity index is 502. The van der Waals surface area contributed by atoms with Crippen LogP contribution in [0.4, 0.5) is 0 Å². The summed E-state index contributed by atoms with van der Waals surface area (Å²) in [6, 6.07) is 6.76. The van der Waals surface area contributed by atoms with Gasteiger partial charge in [0.2, 0.25) is 0 Å². The van der Waals surface area contributed by atoms with Crippen molar-refractivity contribution in [3.8, 4) is 0 Å². The maximum atomic E-state index is 5.92. The van der Waals surface area contributed by atoms with Gasteiger partial charge in [0.05, 0.1) is 5.69 Å². The summed E-state index contributed by atoms with van der Waals surface area (Å²) in [7, 11) is 0. The molecule has 0 bridgehead atoms. The standard InChI is InChI=1S/C15H20ClN3/c16-8-7-14-5-1-3-9-18(14)11-13-12-19-10-4-2-6-15(19)17-13/h2,4,6,10,12,14H,1,3,5,7-9,11H2. The molecule has 1 aliphatic heterocycles. The van der Waals surface area contributed by atoms with E-state index in [0.717, 1.165) is 30.2 Å². The van der Waals surface area contributed by atoms with E-state index in [1.54, 1.807) is 0 Å². The van der Waals surface area contributed by atoms with Gasteiger partial charge in [0.1, 0.15) is 5.65 Å². The second-order valence-electron chi connectivity index (χ2n) is 5.30. The van der Waals surface area contributed by atoms with E-state index in [-0.39, 0.29) is 0 Å². The second kappa shape index (κ2) is 5.93. The van der Waals surface area contributed by atoms with Gasteiger partial charge >= 0.3 is 0 Å². The second-order valence-corrected chi connectivity index (χ2v) is 5.67. The van der Waals surface area contributed by atoms with E-state index in [9.17, 15) is 0 Å². The Kier molecular flexibility index (Phi) is 4.04. The van der Waals surface area contributed by atoms with Crippen molar-refractivity contribution < 1.29 is 0 Å². The number of hydrogen-bond acceptors (Lipinski definition) is 2. The molecule has 1 fully saturated rings. The Morgan fingerprint density at radius 1 is 1.32 bits per heavy atom. The highest BCUT2D eigenvalue weighted by molar-refractivity contribution is 6.17. The quantitative estimate of drug-likeness (QED) is 0.799. The van der Waals surface area contributed by atoms with Crippen LogP contribution in [0.25, 0.3) is 5.65 Å². The van der Waals surface area contributed by atoms with E-state index in [1.807, 2.05) is 12.1 Å². The number of likely N-dealkylation sites (tertiary alicyclic amines) is 1. The molecule has 0 saturated carbocycles. The van der Waals surface area contributed by atoms with Gasteiger partial charge in [0, 0.05) is 30.9 Å². The lowest BCUT2D eigenvalue weighted by molar-refractivity contribution is 0.135. The summed E-state index contributed by atoms with van der Waals surface area (Å²) in [6.07, 6.45) is 9.20. The normalized spacial score (nSPS) is 21.0. The lowest BCUT2D eigenvalue weighted by atomic mass is 10.00. The minimum absolute atomic E-state index is 0.635. The zero-order chi connectivity index (χ0) is 13.1. The number of fused-ring (bicyclic) bond motifs is 1. The molecule has 3 nitrogen and oxygen atoms in total. The van der Waals surface area contributed by atoms with Gasteiger partial charge in [0.15, 0.2) is 0 Å². The molecule has 0 amide bonds. The highest BCUT2D eigenvalue weighted by Crippen LogP contribution is 2.22. The van der Waals surface area contributed by atoms with E-state index in [2.05, 4.69) is 32.7 Å². The lowest BCUT2D eigenvalue weighted by Gasteiger charge is -2.34. The van der Waals surface area contributed by atoms with Crippen LogP contribution in [-0.2, 0) is 6.54 Å². The molecule has 3 rings (SSSR count). The molecule has 0 aliphatic carbocycles. The zero-order valence-corrected chi connectivity index (χ0v) is 11.9. The number of imidazole rings is 1. The molecule has 2 aromatic rings. The van der Waals surface area contributed by atoms with Crippen molar-refractivity contribution in [3.63, 3.8) is 0 Å². The molecule has 1 saturated heterocycles. The van der Waals surface area contributed by atoms with E-state index in [1.165, 1.54) is 25.8 Å². The predicted molar refractivity (Wildman–Crippen MR) is 78.6 cm³/mol. The van der Waals surface area contributed by atoms with Crippen LogP contribution in [0.15, 0.2) is 30.6 Å². The smallest absolute Gasteiger partial charge is 0.137 e. The predicted octanol–water partition coefficient (Wildman–Crippen LogP) is 3.32. The van der Waals surface area contributed by atoms with Crippen molar-refractivity contribution in [2.24, 2.45) is 0 Å². The maximum Gasteiger partial charge on any atom is 0.137 e. The van der Waals surface area contributed by atoms with Gasteiger partial charge in [-0.2, -0.15) is 0 Å². The van der Waals surface area contributed by atoms with Crippen LogP contribution in [0.5, 0.6) is 0 Å². The Balaban J connectivity index is 1.75. The summed E-state index contributed by atoms with van der Waals surface area (Å²) < 4.78 is 2.09. The third-order valence-electron chi connectivity index (χ3n) is 3.97. The molecule has 1 atom stereocenters. The van der Waals surface area contributed by atoms with Crippen molar-refractivity contribution in [3.05, 3.63) is 36.3 Å². The molecular formula is C15H20ClN3. The summed E-state index contributed by atoms with van der Waals surface area (Å²) in [5, 5.41) is 0. The van der Waals surface area contributed by atoms with Crippen LogP contribution in [0.2, 0.25) is 0 Å². The molecule has 4 heteroatoms. The highest BCUT2D eigenvalue weighted by atomic mass is 35.5. The van der Waals surface area contributed by atoms with Crippen LogP contribution < -0.4 is 0 Å². The average Bonchev–Trinajstić information content (AvgIpc) is 2.83. The number of rotatable bonds is 4. The fraction of sp³-hybridized carbons (Fsp3) is 0.533. The Hall–Kier alpha value is -1.06. The van der Waals surface area contributed by atoms with E-state index >= 15 is 0 Å². The van der Waals surface area contributed by atoms with Crippen LogP contribution >= 0.6 is 11.6 Å². The molecule has 1 aliphatic rings. The SMILES string of the molecule is ClCCC1CCCCN1Cc1cn2ccccc2n1. The minimum atomic E-state index is 0.635. The van der Waals surface area contributed by atoms with Crippen molar-refractivity contribution >= 4 is 17.2 Å². The van der Waals surface area contributed by atoms with Crippen molar-refractivity contribution in [2.75, 3.05) is 12.4 Å². The van der Waals surface area contributed by atoms with E-state index in [0.29, 0.717) is 6.04 Å². The summed E-state index contributed by atoms with van der Waals surface area (Å²) in [6.45, 7) is 2.12. The number of pyridine rings is 1. The molecule has 0 N–H and O–H groups in total. The van der Waals surface area contributed by atoms with Gasteiger partial charge in [-0.25, -0.2) is 4.98 Å². The fourth-order valence-corrected chi connectivity index (χ4v) is 3.24. The Morgan fingerprint density at radius 2 is 2.26 bits per heavy atom. The zero-order valence-electron chi connectivity index (χ0n) is 11.1. The molecule has 0 radical (unpaired) electrons. The Labute approximate surface area is 119 Å². The summed E-state index contributed by atoms with van der Waals surface area (Å²) in [4.78, 5) is 7.24. The first-order chi connectivity index (χ1) is 9.36. The fourth-order valence-electron chi connectivity index (χ4n) is 2.99. The van der Waals surface area contributed by atoms with Gasteiger partial charge in [-0.15, -0.1) is 11.6 Å². The van der Waals surface area contributed by atoms with Crippen molar-refractivity contribution in [1.82, 2.24) is 14.3 Å². The Morgan fingerprint density at radius 3 is 3.11 bits per heavy atom. The van der Waals surface area contributed by atoms with E-state index < -0.39 is 0 Å². The highest BCUT2D eigenvalue weighted by Gasteiger charge is 2.22. The van der Waals surface area contributed by atoms with Crippen LogP contribution in [0, 0.1) is 0 Å². The summed E-state index contributed by atoms with van der Waals surface area (Å²) in [5.41, 5.74) is 2.19. The lowest BCUT2D eigenvalue weighted by Crippen LogP contribution is -2.39. The third kappa shape index (κ3) is 2.93. The average molecular weight is 278 g/mol. The summed E-state index contributed by atoms with van der Waals surface area (Å²) in [5.74, 6) is 0.756. The van der Waals surface area contributed by atoms with Crippen LogP contribution in [-0.4, -0.2) is 32.8 Å². The number of hydrogen-bond donors (Lipinski definition) is 0. The molecule has 0 spiro atoms. The first-order valence-electron chi connectivity index (χ1n) is 7.09. The minimum Gasteiger partial charge on any atom is -0.307 e. The van der Waals surface area contributed by atoms with Gasteiger partial charge < -0.3 is 4.40 Å². The molecule has 19 heavy (non-hydrogen) atoms. The van der Waals surface area contributed by atoms with Crippen molar-refractivity contribution in [1.29, 1.82) is 0 Å². The maximum absolute atomic E-state index is 5.92.